The van der Waals surface area contributed by atoms with Gasteiger partial charge in [0.15, 0.2) is 12.2 Å². The summed E-state index contributed by atoms with van der Waals surface area (Å²) >= 11 is 0. The van der Waals surface area contributed by atoms with Crippen LogP contribution in [0.1, 0.15) is 325 Å². The molecular formula is C66H128O17P2. The number of rotatable bonds is 64. The summed E-state index contributed by atoms with van der Waals surface area (Å²) in [6.07, 6.45) is 39.2. The van der Waals surface area contributed by atoms with E-state index in [9.17, 15) is 43.2 Å². The SMILES string of the molecule is CCCCCCCCCCC(=O)OC[C@H](COP(=O)(O)OC[C@H](O)COP(=O)(O)OC[C@@H](COC(=O)CCCCCCCCCCC(C)C)OC(=O)CCCCCCCCCCCCCCCCC(C)C)OC(=O)CCCCCCCCC(C)C. The molecule has 0 aliphatic carbocycles. The molecular weight excluding hydrogens is 1130 g/mol. The minimum absolute atomic E-state index is 0.102. The Kier molecular flexibility index (Phi) is 55.9. The van der Waals surface area contributed by atoms with Crippen LogP contribution in [0, 0.1) is 17.8 Å². The van der Waals surface area contributed by atoms with Crippen LogP contribution >= 0.6 is 15.6 Å². The highest BCUT2D eigenvalue weighted by Gasteiger charge is 2.30. The van der Waals surface area contributed by atoms with Crippen LogP contribution in [-0.2, 0) is 65.4 Å². The highest BCUT2D eigenvalue weighted by molar-refractivity contribution is 7.47. The number of aliphatic hydroxyl groups excluding tert-OH is 1. The van der Waals surface area contributed by atoms with E-state index in [1.54, 1.807) is 0 Å². The Balaban J connectivity index is 5.20. The first-order valence-corrected chi connectivity index (χ1v) is 37.3. The van der Waals surface area contributed by atoms with E-state index >= 15 is 0 Å². The number of ether oxygens (including phenoxy) is 4. The van der Waals surface area contributed by atoms with Crippen molar-refractivity contribution in [1.82, 2.24) is 0 Å². The first-order chi connectivity index (χ1) is 40.7. The van der Waals surface area contributed by atoms with E-state index in [0.717, 1.165) is 108 Å². The minimum atomic E-state index is -4.95. The number of phosphoric ester groups is 2. The molecule has 17 nitrogen and oxygen atoms in total. The smallest absolute Gasteiger partial charge is 0.462 e. The van der Waals surface area contributed by atoms with Crippen molar-refractivity contribution in [3.63, 3.8) is 0 Å². The molecule has 0 bridgehead atoms. The van der Waals surface area contributed by atoms with Crippen molar-refractivity contribution in [2.75, 3.05) is 39.6 Å². The van der Waals surface area contributed by atoms with E-state index in [4.69, 9.17) is 37.0 Å². The van der Waals surface area contributed by atoms with Gasteiger partial charge >= 0.3 is 39.5 Å². The fourth-order valence-electron chi connectivity index (χ4n) is 9.83. The fourth-order valence-corrected chi connectivity index (χ4v) is 11.4. The predicted octanol–water partition coefficient (Wildman–Crippen LogP) is 18.3. The molecule has 0 heterocycles. The molecule has 504 valence electrons. The predicted molar refractivity (Wildman–Crippen MR) is 340 cm³/mol. The normalized spacial score (nSPS) is 14.3. The lowest BCUT2D eigenvalue weighted by Gasteiger charge is -2.21. The summed E-state index contributed by atoms with van der Waals surface area (Å²) in [4.78, 5) is 72.2. The molecule has 3 N–H and O–H groups in total. The monoisotopic (exact) mass is 1250 g/mol. The summed E-state index contributed by atoms with van der Waals surface area (Å²) in [6.45, 7) is 11.7. The number of carbonyl (C=O) groups excluding carboxylic acids is 4. The molecule has 2 unspecified atom stereocenters. The van der Waals surface area contributed by atoms with E-state index in [2.05, 4.69) is 48.5 Å². The number of hydrogen-bond donors (Lipinski definition) is 3. The molecule has 5 atom stereocenters. The minimum Gasteiger partial charge on any atom is -0.462 e. The molecule has 0 fully saturated rings. The molecule has 19 heteroatoms. The highest BCUT2D eigenvalue weighted by Crippen LogP contribution is 2.45. The molecule has 0 radical (unpaired) electrons. The summed E-state index contributed by atoms with van der Waals surface area (Å²) in [5, 5.41) is 10.5. The Bertz CT molecular complexity index is 1680. The van der Waals surface area contributed by atoms with E-state index in [1.807, 2.05) is 0 Å². The number of aliphatic hydroxyl groups is 1. The van der Waals surface area contributed by atoms with Crippen molar-refractivity contribution >= 4 is 39.5 Å². The zero-order valence-corrected chi connectivity index (χ0v) is 56.9. The number of phosphoric acid groups is 2. The molecule has 0 aromatic heterocycles. The Morgan fingerprint density at radius 3 is 0.800 bits per heavy atom. The third kappa shape index (κ3) is 60.7. The molecule has 0 spiro atoms. The van der Waals surface area contributed by atoms with E-state index in [-0.39, 0.29) is 25.7 Å². The van der Waals surface area contributed by atoms with E-state index in [1.165, 1.54) is 128 Å². The lowest BCUT2D eigenvalue weighted by atomic mass is 10.0. The van der Waals surface area contributed by atoms with Gasteiger partial charge in [0.2, 0.25) is 0 Å². The van der Waals surface area contributed by atoms with E-state index < -0.39 is 97.5 Å². The summed E-state index contributed by atoms with van der Waals surface area (Å²) in [6, 6.07) is 0. The van der Waals surface area contributed by atoms with Gasteiger partial charge < -0.3 is 33.8 Å². The first-order valence-electron chi connectivity index (χ1n) is 34.3. The van der Waals surface area contributed by atoms with Gasteiger partial charge in [-0.3, -0.25) is 37.3 Å². The fraction of sp³-hybridized carbons (Fsp3) is 0.939. The maximum absolute atomic E-state index is 13.0. The topological polar surface area (TPSA) is 237 Å². The quantitative estimate of drug-likeness (QED) is 0.0222. The highest BCUT2D eigenvalue weighted by atomic mass is 31.2. The standard InChI is InChI=1S/C66H128O17P2/c1-8-9-10-11-12-25-33-40-47-63(68)76-54-62(83-66(71)50-43-36-29-28-32-39-46-59(6)7)56-81-85(74,75)79-52-60(67)51-78-84(72,73)80-55-61(53-77-64(69)48-41-34-26-22-21-24-31-38-45-58(4)5)82-65(70)49-42-35-27-20-18-16-14-13-15-17-19-23-30-37-44-57(2)3/h57-62,67H,8-56H2,1-7H3,(H,72,73)(H,74,75)/t60-,61-,62-/m1/s1. The Labute approximate surface area is 517 Å². The van der Waals surface area contributed by atoms with Crippen LogP contribution in [0.3, 0.4) is 0 Å². The van der Waals surface area contributed by atoms with Crippen LogP contribution in [0.5, 0.6) is 0 Å². The number of esters is 4. The summed E-state index contributed by atoms with van der Waals surface area (Å²) in [5.41, 5.74) is 0. The second-order valence-corrected chi connectivity index (χ2v) is 28.2. The average Bonchev–Trinajstić information content (AvgIpc) is 3.63. The average molecular weight is 1260 g/mol. The number of unbranched alkanes of at least 4 members (excludes halogenated alkanes) is 32. The van der Waals surface area contributed by atoms with Gasteiger partial charge in [-0.1, -0.05) is 273 Å². The van der Waals surface area contributed by atoms with Gasteiger partial charge in [0.1, 0.15) is 19.3 Å². The van der Waals surface area contributed by atoms with Gasteiger partial charge in [-0.05, 0) is 43.4 Å². The maximum atomic E-state index is 13.0. The molecule has 0 rings (SSSR count). The lowest BCUT2D eigenvalue weighted by Crippen LogP contribution is -2.30. The Morgan fingerprint density at radius 2 is 0.541 bits per heavy atom. The Hall–Kier alpha value is -1.94. The van der Waals surface area contributed by atoms with Gasteiger partial charge in [0, 0.05) is 25.7 Å². The third-order valence-corrected chi connectivity index (χ3v) is 17.0. The molecule has 0 aliphatic heterocycles. The van der Waals surface area contributed by atoms with Crippen molar-refractivity contribution in [1.29, 1.82) is 0 Å². The lowest BCUT2D eigenvalue weighted by molar-refractivity contribution is -0.161. The zero-order chi connectivity index (χ0) is 63.1. The Morgan fingerprint density at radius 1 is 0.318 bits per heavy atom. The van der Waals surface area contributed by atoms with Crippen molar-refractivity contribution < 1.29 is 80.2 Å². The second kappa shape index (κ2) is 57.2. The third-order valence-electron chi connectivity index (χ3n) is 15.1. The van der Waals surface area contributed by atoms with E-state index in [0.29, 0.717) is 31.6 Å². The summed E-state index contributed by atoms with van der Waals surface area (Å²) in [5.74, 6) is 0.0517. The molecule has 0 aromatic carbocycles. The number of hydrogen-bond acceptors (Lipinski definition) is 15. The molecule has 0 saturated carbocycles. The summed E-state index contributed by atoms with van der Waals surface area (Å²) < 4.78 is 68.0. The summed E-state index contributed by atoms with van der Waals surface area (Å²) in [7, 11) is -9.89. The van der Waals surface area contributed by atoms with Gasteiger partial charge in [-0.15, -0.1) is 0 Å². The van der Waals surface area contributed by atoms with Gasteiger partial charge in [0.25, 0.3) is 0 Å². The van der Waals surface area contributed by atoms with Crippen LogP contribution < -0.4 is 0 Å². The van der Waals surface area contributed by atoms with Crippen LogP contribution in [0.2, 0.25) is 0 Å². The van der Waals surface area contributed by atoms with Crippen LogP contribution in [0.25, 0.3) is 0 Å². The molecule has 0 aromatic rings. The number of carbonyl (C=O) groups is 4. The maximum Gasteiger partial charge on any atom is 0.472 e. The zero-order valence-electron chi connectivity index (χ0n) is 55.1. The van der Waals surface area contributed by atoms with Gasteiger partial charge in [-0.25, -0.2) is 9.13 Å². The van der Waals surface area contributed by atoms with Crippen molar-refractivity contribution in [3.05, 3.63) is 0 Å². The van der Waals surface area contributed by atoms with Gasteiger partial charge in [-0.2, -0.15) is 0 Å². The van der Waals surface area contributed by atoms with Gasteiger partial charge in [0.05, 0.1) is 26.4 Å². The second-order valence-electron chi connectivity index (χ2n) is 25.3. The largest absolute Gasteiger partial charge is 0.472 e. The molecule has 0 amide bonds. The van der Waals surface area contributed by atoms with Crippen LogP contribution in [-0.4, -0.2) is 96.7 Å². The molecule has 0 aliphatic rings. The van der Waals surface area contributed by atoms with Crippen LogP contribution in [0.15, 0.2) is 0 Å². The van der Waals surface area contributed by atoms with Crippen molar-refractivity contribution in [2.45, 2.75) is 343 Å². The first kappa shape index (κ1) is 83.1. The molecule has 0 saturated heterocycles. The molecule has 85 heavy (non-hydrogen) atoms. The van der Waals surface area contributed by atoms with Crippen molar-refractivity contribution in [2.24, 2.45) is 17.8 Å². The van der Waals surface area contributed by atoms with Crippen molar-refractivity contribution in [3.8, 4) is 0 Å². The van der Waals surface area contributed by atoms with Crippen LogP contribution in [0.4, 0.5) is 0 Å².